The van der Waals surface area contributed by atoms with E-state index in [-0.39, 0.29) is 11.9 Å². The average Bonchev–Trinajstić information content (AvgIpc) is 2.38. The second-order valence-corrected chi connectivity index (χ2v) is 5.64. The molecule has 0 saturated carbocycles. The van der Waals surface area contributed by atoms with Crippen molar-refractivity contribution >= 4 is 11.6 Å². The first-order valence-corrected chi connectivity index (χ1v) is 7.07. The highest BCUT2D eigenvalue weighted by molar-refractivity contribution is 6.30. The lowest BCUT2D eigenvalue weighted by molar-refractivity contribution is 0.534. The quantitative estimate of drug-likeness (QED) is 0.868. The fourth-order valence-corrected chi connectivity index (χ4v) is 2.75. The first kappa shape index (κ1) is 15.0. The van der Waals surface area contributed by atoms with Gasteiger partial charge in [-0.15, -0.1) is 0 Å². The van der Waals surface area contributed by atoms with E-state index in [1.807, 2.05) is 7.05 Å². The summed E-state index contributed by atoms with van der Waals surface area (Å²) in [7, 11) is 1.84. The third-order valence-corrected chi connectivity index (χ3v) is 3.64. The van der Waals surface area contributed by atoms with Gasteiger partial charge in [0.1, 0.15) is 5.82 Å². The van der Waals surface area contributed by atoms with Crippen LogP contribution in [0.25, 0.3) is 0 Å². The van der Waals surface area contributed by atoms with Gasteiger partial charge < -0.3 is 5.32 Å². The van der Waals surface area contributed by atoms with E-state index < -0.39 is 0 Å². The van der Waals surface area contributed by atoms with Gasteiger partial charge in [0.05, 0.1) is 0 Å². The molecule has 3 heteroatoms. The van der Waals surface area contributed by atoms with E-state index in [1.54, 1.807) is 12.1 Å². The van der Waals surface area contributed by atoms with E-state index in [9.17, 15) is 4.39 Å². The maximum atomic E-state index is 14.0. The number of aryl methyl sites for hydroxylation is 2. The molecule has 1 N–H and O–H groups in total. The molecule has 106 valence electrons. The molecule has 2 rings (SSSR count). The van der Waals surface area contributed by atoms with Crippen LogP contribution in [-0.2, 0) is 6.42 Å². The summed E-state index contributed by atoms with van der Waals surface area (Å²) in [6, 6.07) is 11.0. The van der Waals surface area contributed by atoms with Crippen LogP contribution in [0.1, 0.15) is 28.3 Å². The van der Waals surface area contributed by atoms with Gasteiger partial charge in [0.2, 0.25) is 0 Å². The molecule has 0 aliphatic carbocycles. The van der Waals surface area contributed by atoms with Gasteiger partial charge >= 0.3 is 0 Å². The summed E-state index contributed by atoms with van der Waals surface area (Å²) in [6.07, 6.45) is 0.732. The van der Waals surface area contributed by atoms with E-state index in [0.29, 0.717) is 10.6 Å². The summed E-state index contributed by atoms with van der Waals surface area (Å²) in [6.45, 7) is 4.15. The molecule has 2 aromatic carbocycles. The van der Waals surface area contributed by atoms with Crippen LogP contribution < -0.4 is 5.32 Å². The summed E-state index contributed by atoms with van der Waals surface area (Å²) >= 11 is 5.98. The predicted octanol–water partition coefficient (Wildman–Crippen LogP) is 4.60. The van der Waals surface area contributed by atoms with Crippen molar-refractivity contribution in [3.05, 3.63) is 69.5 Å². The average molecular weight is 292 g/mol. The molecular weight excluding hydrogens is 273 g/mol. The largest absolute Gasteiger partial charge is 0.313 e. The lowest BCUT2D eigenvalue weighted by Crippen LogP contribution is -2.20. The van der Waals surface area contributed by atoms with Crippen molar-refractivity contribution in [2.45, 2.75) is 26.3 Å². The second kappa shape index (κ2) is 6.38. The Labute approximate surface area is 124 Å². The molecule has 20 heavy (non-hydrogen) atoms. The Morgan fingerprint density at radius 3 is 2.35 bits per heavy atom. The molecule has 1 unspecified atom stereocenters. The van der Waals surface area contributed by atoms with Gasteiger partial charge in [-0.2, -0.15) is 0 Å². The number of benzene rings is 2. The molecule has 0 radical (unpaired) electrons. The summed E-state index contributed by atoms with van der Waals surface area (Å²) < 4.78 is 14.0. The van der Waals surface area contributed by atoms with Crippen molar-refractivity contribution in [3.63, 3.8) is 0 Å². The Bertz CT molecular complexity index is 590. The zero-order valence-corrected chi connectivity index (χ0v) is 12.8. The van der Waals surface area contributed by atoms with Crippen LogP contribution in [0.5, 0.6) is 0 Å². The normalized spacial score (nSPS) is 12.4. The summed E-state index contributed by atoms with van der Waals surface area (Å²) in [5.41, 5.74) is 4.25. The Morgan fingerprint density at radius 1 is 1.10 bits per heavy atom. The first-order chi connectivity index (χ1) is 9.49. The minimum Gasteiger partial charge on any atom is -0.313 e. The van der Waals surface area contributed by atoms with Crippen molar-refractivity contribution < 1.29 is 4.39 Å². The maximum absolute atomic E-state index is 14.0. The topological polar surface area (TPSA) is 12.0 Å². The zero-order chi connectivity index (χ0) is 14.7. The Balaban J connectivity index is 2.31. The molecule has 0 aliphatic rings. The Kier molecular flexibility index (Phi) is 4.79. The molecule has 0 aromatic heterocycles. The van der Waals surface area contributed by atoms with E-state index >= 15 is 0 Å². The molecule has 0 spiro atoms. The molecule has 0 amide bonds. The smallest absolute Gasteiger partial charge is 0.128 e. The molecule has 1 nitrogen and oxygen atoms in total. The Morgan fingerprint density at radius 2 is 1.75 bits per heavy atom. The number of nitrogens with one attached hydrogen (secondary N) is 1. The minimum absolute atomic E-state index is 0.0881. The molecule has 0 heterocycles. The predicted molar refractivity (Wildman–Crippen MR) is 82.8 cm³/mol. The van der Waals surface area contributed by atoms with Gasteiger partial charge in [0.25, 0.3) is 0 Å². The first-order valence-electron chi connectivity index (χ1n) is 6.69. The summed E-state index contributed by atoms with van der Waals surface area (Å²) in [5.74, 6) is -0.224. The molecule has 0 fully saturated rings. The molecule has 0 aliphatic heterocycles. The monoisotopic (exact) mass is 291 g/mol. The van der Waals surface area contributed by atoms with Crippen LogP contribution in [-0.4, -0.2) is 7.05 Å². The van der Waals surface area contributed by atoms with Crippen LogP contribution >= 0.6 is 11.6 Å². The fraction of sp³-hybridized carbons (Fsp3) is 0.294. The zero-order valence-electron chi connectivity index (χ0n) is 12.0. The van der Waals surface area contributed by atoms with Gasteiger partial charge in [0, 0.05) is 16.6 Å². The highest BCUT2D eigenvalue weighted by Crippen LogP contribution is 2.25. The maximum Gasteiger partial charge on any atom is 0.128 e. The number of halogens is 2. The van der Waals surface area contributed by atoms with Gasteiger partial charge in [-0.1, -0.05) is 40.9 Å². The van der Waals surface area contributed by atoms with E-state index in [0.717, 1.165) is 6.42 Å². The van der Waals surface area contributed by atoms with Gasteiger partial charge in [0.15, 0.2) is 0 Å². The highest BCUT2D eigenvalue weighted by atomic mass is 35.5. The van der Waals surface area contributed by atoms with Crippen LogP contribution in [0.15, 0.2) is 36.4 Å². The van der Waals surface area contributed by atoms with Crippen molar-refractivity contribution in [3.8, 4) is 0 Å². The van der Waals surface area contributed by atoms with Crippen LogP contribution in [0, 0.1) is 19.7 Å². The third kappa shape index (κ3) is 3.59. The van der Waals surface area contributed by atoms with Crippen molar-refractivity contribution in [1.29, 1.82) is 0 Å². The fourth-order valence-electron chi connectivity index (χ4n) is 2.57. The van der Waals surface area contributed by atoms with Crippen molar-refractivity contribution in [1.82, 2.24) is 5.32 Å². The van der Waals surface area contributed by atoms with Crippen molar-refractivity contribution in [2.24, 2.45) is 0 Å². The number of hydrogen-bond acceptors (Lipinski definition) is 1. The van der Waals surface area contributed by atoms with Crippen LogP contribution in [0.2, 0.25) is 5.02 Å². The van der Waals surface area contributed by atoms with E-state index in [4.69, 9.17) is 11.6 Å². The lowest BCUT2D eigenvalue weighted by Gasteiger charge is -2.18. The number of likely N-dealkylation sites (N-methyl/N-ethyl adjacent to an activating group) is 1. The SMILES string of the molecule is CNC(Cc1cc(C)cc(C)c1)c1cc(Cl)ccc1F. The molecule has 0 bridgehead atoms. The Hall–Kier alpha value is -1.38. The second-order valence-electron chi connectivity index (χ2n) is 5.21. The number of rotatable bonds is 4. The van der Waals surface area contributed by atoms with E-state index in [2.05, 4.69) is 37.4 Å². The van der Waals surface area contributed by atoms with Gasteiger partial charge in [-0.05, 0) is 51.1 Å². The number of hydrogen-bond donors (Lipinski definition) is 1. The minimum atomic E-state index is -0.224. The van der Waals surface area contributed by atoms with Crippen LogP contribution in [0.3, 0.4) is 0 Å². The summed E-state index contributed by atoms with van der Waals surface area (Å²) in [4.78, 5) is 0. The highest BCUT2D eigenvalue weighted by Gasteiger charge is 2.15. The van der Waals surface area contributed by atoms with Gasteiger partial charge in [-0.25, -0.2) is 4.39 Å². The third-order valence-electron chi connectivity index (χ3n) is 3.40. The molecule has 2 aromatic rings. The van der Waals surface area contributed by atoms with Gasteiger partial charge in [-0.3, -0.25) is 0 Å². The van der Waals surface area contributed by atoms with Crippen molar-refractivity contribution in [2.75, 3.05) is 7.05 Å². The molecular formula is C17H19ClFN. The van der Waals surface area contributed by atoms with Crippen LogP contribution in [0.4, 0.5) is 4.39 Å². The molecule has 0 saturated heterocycles. The summed E-state index contributed by atoms with van der Waals surface area (Å²) in [5, 5.41) is 3.73. The lowest BCUT2D eigenvalue weighted by atomic mass is 9.96. The standard InChI is InChI=1S/C17H19ClFN/c1-11-6-12(2)8-13(7-11)9-17(20-3)15-10-14(18)4-5-16(15)19/h4-8,10,17,20H,9H2,1-3H3. The molecule has 1 atom stereocenters. The van der Waals surface area contributed by atoms with E-state index in [1.165, 1.54) is 22.8 Å².